The van der Waals surface area contributed by atoms with Gasteiger partial charge in [0.2, 0.25) is 17.7 Å². The normalized spacial score (nSPS) is 14.4. The largest absolute Gasteiger partial charge is 0.480 e. The second kappa shape index (κ2) is 16.6. The Bertz CT molecular complexity index is 699. The van der Waals surface area contributed by atoms with Crippen molar-refractivity contribution in [2.45, 2.75) is 70.1 Å². The van der Waals surface area contributed by atoms with Crippen molar-refractivity contribution >= 4 is 29.7 Å². The number of carboxylic acid groups (broad SMARTS) is 1. The molecule has 0 aliphatic rings. The van der Waals surface area contributed by atoms with E-state index in [2.05, 4.69) is 20.9 Å². The Labute approximate surface area is 199 Å². The van der Waals surface area contributed by atoms with Crippen LogP contribution < -0.4 is 38.9 Å². The minimum absolute atomic E-state index is 0.0226. The van der Waals surface area contributed by atoms with Gasteiger partial charge in [-0.25, -0.2) is 4.79 Å². The summed E-state index contributed by atoms with van der Waals surface area (Å²) >= 11 is 0. The predicted octanol–water partition coefficient (Wildman–Crippen LogP) is -3.32. The van der Waals surface area contributed by atoms with Crippen LogP contribution in [0.25, 0.3) is 0 Å². The first-order valence-corrected chi connectivity index (χ1v) is 11.2. The first-order chi connectivity index (χ1) is 15.9. The molecule has 0 saturated heterocycles. The molecule has 0 fully saturated rings. The molecule has 34 heavy (non-hydrogen) atoms. The number of hydrogen-bond donors (Lipinski definition) is 9. The molecule has 14 nitrogen and oxygen atoms in total. The Kier molecular flexibility index (Phi) is 15.2. The lowest BCUT2D eigenvalue weighted by Crippen LogP contribution is -2.58. The summed E-state index contributed by atoms with van der Waals surface area (Å²) in [6, 6.07) is -4.56. The number of aliphatic hydroxyl groups is 1. The van der Waals surface area contributed by atoms with Gasteiger partial charge in [-0.2, -0.15) is 0 Å². The smallest absolute Gasteiger partial charge is 0.326 e. The van der Waals surface area contributed by atoms with Crippen molar-refractivity contribution in [2.75, 3.05) is 19.7 Å². The molecule has 0 radical (unpaired) electrons. The van der Waals surface area contributed by atoms with E-state index in [0.717, 1.165) is 0 Å². The van der Waals surface area contributed by atoms with E-state index in [4.69, 9.17) is 22.9 Å². The van der Waals surface area contributed by atoms with Gasteiger partial charge in [-0.05, 0) is 44.6 Å². The summed E-state index contributed by atoms with van der Waals surface area (Å²) in [6.45, 7) is 3.30. The van der Waals surface area contributed by atoms with Crippen LogP contribution in [0.15, 0.2) is 4.99 Å². The van der Waals surface area contributed by atoms with E-state index in [-0.39, 0.29) is 37.7 Å². The van der Waals surface area contributed by atoms with Gasteiger partial charge in [0.25, 0.3) is 0 Å². The van der Waals surface area contributed by atoms with Crippen LogP contribution in [0.5, 0.6) is 0 Å². The van der Waals surface area contributed by atoms with Crippen LogP contribution in [0.2, 0.25) is 0 Å². The monoisotopic (exact) mass is 488 g/mol. The first kappa shape index (κ1) is 31.0. The summed E-state index contributed by atoms with van der Waals surface area (Å²) in [5.41, 5.74) is 21.8. The Morgan fingerprint density at radius 3 is 1.88 bits per heavy atom. The molecule has 0 saturated carbocycles. The first-order valence-electron chi connectivity index (χ1n) is 11.2. The highest BCUT2D eigenvalue weighted by Crippen LogP contribution is 2.05. The second-order valence-corrected chi connectivity index (χ2v) is 8.21. The highest BCUT2D eigenvalue weighted by atomic mass is 16.4. The molecule has 0 spiro atoms. The maximum absolute atomic E-state index is 12.8. The number of carboxylic acids is 1. The molecule has 4 atom stereocenters. The number of aliphatic carboxylic acids is 1. The van der Waals surface area contributed by atoms with E-state index in [1.165, 1.54) is 0 Å². The third kappa shape index (κ3) is 12.3. The lowest BCUT2D eigenvalue weighted by Gasteiger charge is -2.25. The third-order valence-electron chi connectivity index (χ3n) is 4.98. The lowest BCUT2D eigenvalue weighted by atomic mass is 10.0. The van der Waals surface area contributed by atoms with Gasteiger partial charge < -0.3 is 49.1 Å². The Morgan fingerprint density at radius 1 is 0.853 bits per heavy atom. The molecule has 14 heteroatoms. The van der Waals surface area contributed by atoms with E-state index in [9.17, 15) is 29.4 Å². The van der Waals surface area contributed by atoms with Crippen molar-refractivity contribution in [1.82, 2.24) is 16.0 Å². The summed E-state index contributed by atoms with van der Waals surface area (Å²) < 4.78 is 0. The predicted molar refractivity (Wildman–Crippen MR) is 126 cm³/mol. The fraction of sp³-hybridized carbons (Fsp3) is 0.750. The van der Waals surface area contributed by atoms with Crippen LogP contribution in [0.3, 0.4) is 0 Å². The number of aliphatic imine (C=N–C) groups is 1. The number of guanidine groups is 1. The molecule has 0 heterocycles. The van der Waals surface area contributed by atoms with Crippen molar-refractivity contribution in [3.05, 3.63) is 0 Å². The molecule has 0 rings (SSSR count). The minimum Gasteiger partial charge on any atom is -0.480 e. The van der Waals surface area contributed by atoms with E-state index < -0.39 is 54.5 Å². The van der Waals surface area contributed by atoms with Crippen LogP contribution >= 0.6 is 0 Å². The Balaban J connectivity index is 5.19. The van der Waals surface area contributed by atoms with Gasteiger partial charge in [-0.3, -0.25) is 19.4 Å². The number of nitrogens with one attached hydrogen (secondary N) is 3. The third-order valence-corrected chi connectivity index (χ3v) is 4.98. The zero-order valence-electron chi connectivity index (χ0n) is 19.8. The van der Waals surface area contributed by atoms with Crippen molar-refractivity contribution in [3.8, 4) is 0 Å². The number of carbonyl (C=O) groups is 4. The zero-order chi connectivity index (χ0) is 26.3. The topological polar surface area (TPSA) is 261 Å². The molecule has 196 valence electrons. The number of aliphatic hydroxyl groups excluding tert-OH is 1. The highest BCUT2D eigenvalue weighted by molar-refractivity contribution is 5.94. The van der Waals surface area contributed by atoms with Crippen LogP contribution in [-0.4, -0.2) is 83.7 Å². The van der Waals surface area contributed by atoms with Gasteiger partial charge in [0.15, 0.2) is 5.96 Å². The molecule has 0 aromatic heterocycles. The van der Waals surface area contributed by atoms with Gasteiger partial charge in [-0.15, -0.1) is 0 Å². The Hall–Kier alpha value is -2.97. The molecule has 0 aliphatic heterocycles. The van der Waals surface area contributed by atoms with Crippen LogP contribution in [0, 0.1) is 5.92 Å². The summed E-state index contributed by atoms with van der Waals surface area (Å²) in [5, 5.41) is 26.2. The summed E-state index contributed by atoms with van der Waals surface area (Å²) in [7, 11) is 0. The highest BCUT2D eigenvalue weighted by Gasteiger charge is 2.30. The molecule has 0 bridgehead atoms. The van der Waals surface area contributed by atoms with Crippen molar-refractivity contribution in [1.29, 1.82) is 0 Å². The number of hydrogen-bond acceptors (Lipinski definition) is 8. The van der Waals surface area contributed by atoms with Gasteiger partial charge >= 0.3 is 5.97 Å². The summed E-state index contributed by atoms with van der Waals surface area (Å²) in [4.78, 5) is 52.9. The average molecular weight is 489 g/mol. The molecule has 13 N–H and O–H groups in total. The SMILES string of the molecule is CC(C)C(N)C(=O)NC(CCCCN)C(=O)NC(CO)C(=O)NC(CCCN=C(N)N)C(=O)O. The lowest BCUT2D eigenvalue weighted by molar-refractivity contribution is -0.142. The molecular weight excluding hydrogens is 448 g/mol. The van der Waals surface area contributed by atoms with Crippen LogP contribution in [0.1, 0.15) is 46.0 Å². The quantitative estimate of drug-likeness (QED) is 0.0558. The second-order valence-electron chi connectivity index (χ2n) is 8.21. The maximum Gasteiger partial charge on any atom is 0.326 e. The van der Waals surface area contributed by atoms with E-state index >= 15 is 0 Å². The number of carbonyl (C=O) groups excluding carboxylic acids is 3. The van der Waals surface area contributed by atoms with Gasteiger partial charge in [-0.1, -0.05) is 13.8 Å². The van der Waals surface area contributed by atoms with Crippen LogP contribution in [0.4, 0.5) is 0 Å². The Morgan fingerprint density at radius 2 is 1.38 bits per heavy atom. The molecule has 0 aromatic rings. The van der Waals surface area contributed by atoms with Crippen molar-refractivity contribution in [2.24, 2.45) is 33.8 Å². The zero-order valence-corrected chi connectivity index (χ0v) is 19.8. The van der Waals surface area contributed by atoms with Gasteiger partial charge in [0, 0.05) is 6.54 Å². The van der Waals surface area contributed by atoms with E-state index in [1.54, 1.807) is 13.8 Å². The number of unbranched alkanes of at least 4 members (excludes halogenated alkanes) is 1. The molecule has 3 amide bonds. The van der Waals surface area contributed by atoms with E-state index in [0.29, 0.717) is 19.4 Å². The average Bonchev–Trinajstić information content (AvgIpc) is 2.77. The van der Waals surface area contributed by atoms with Crippen molar-refractivity contribution < 1.29 is 29.4 Å². The van der Waals surface area contributed by atoms with E-state index in [1.807, 2.05) is 0 Å². The van der Waals surface area contributed by atoms with Gasteiger partial charge in [0.05, 0.1) is 12.6 Å². The number of nitrogens with two attached hydrogens (primary N) is 4. The molecule has 0 aromatic carbocycles. The summed E-state index contributed by atoms with van der Waals surface area (Å²) in [6.07, 6.45) is 1.67. The van der Waals surface area contributed by atoms with Gasteiger partial charge in [0.1, 0.15) is 18.1 Å². The molecular formula is C20H40N8O6. The molecule has 0 aliphatic carbocycles. The standard InChI is InChI=1S/C20H40N8O6/c1-11(2)15(22)18(32)26-12(6-3-4-8-21)16(30)28-14(10-29)17(31)27-13(19(33)34)7-5-9-25-20(23)24/h11-15,29H,3-10,21-22H2,1-2H3,(H,26,32)(H,27,31)(H,28,30)(H,33,34)(H4,23,24,25). The summed E-state index contributed by atoms with van der Waals surface area (Å²) in [5.74, 6) is -3.73. The minimum atomic E-state index is -1.43. The number of nitrogens with zero attached hydrogens (tertiary/aromatic N) is 1. The number of amides is 3. The molecule has 4 unspecified atom stereocenters. The fourth-order valence-corrected chi connectivity index (χ4v) is 2.83. The van der Waals surface area contributed by atoms with Crippen LogP contribution in [-0.2, 0) is 19.2 Å². The maximum atomic E-state index is 12.8. The van der Waals surface area contributed by atoms with Crippen molar-refractivity contribution in [3.63, 3.8) is 0 Å². The fourth-order valence-electron chi connectivity index (χ4n) is 2.83. The number of rotatable bonds is 17.